The molecule has 1 amide bonds. The number of benzene rings is 1. The minimum Gasteiger partial charge on any atom is -0.462 e. The topological polar surface area (TPSA) is 167 Å². The number of nitrogens with zero attached hydrogens (tertiary/aromatic N) is 1. The van der Waals surface area contributed by atoms with Gasteiger partial charge >= 0.3 is 24.1 Å². The van der Waals surface area contributed by atoms with Crippen LogP contribution in [0.25, 0.3) is 0 Å². The van der Waals surface area contributed by atoms with E-state index in [-0.39, 0.29) is 62.7 Å². The van der Waals surface area contributed by atoms with Crippen LogP contribution >= 0.6 is 23.5 Å². The van der Waals surface area contributed by atoms with Crippen LogP contribution in [0.15, 0.2) is 44.4 Å². The third-order valence-electron chi connectivity index (χ3n) is 4.74. The third-order valence-corrected chi connectivity index (χ3v) is 7.37. The van der Waals surface area contributed by atoms with Crippen LogP contribution in [0.1, 0.15) is 39.5 Å². The van der Waals surface area contributed by atoms with Crippen molar-refractivity contribution in [2.24, 2.45) is 0 Å². The van der Waals surface area contributed by atoms with Crippen LogP contribution in [-0.4, -0.2) is 56.3 Å². The molecule has 1 N–H and O–H groups in total. The summed E-state index contributed by atoms with van der Waals surface area (Å²) >= 11 is 2.12. The van der Waals surface area contributed by atoms with Gasteiger partial charge in [0, 0.05) is 31.9 Å². The molecule has 0 saturated heterocycles. The Labute approximate surface area is 239 Å². The zero-order valence-corrected chi connectivity index (χ0v) is 23.6. The summed E-state index contributed by atoms with van der Waals surface area (Å²) in [7, 11) is 0. The Morgan fingerprint density at radius 2 is 1.43 bits per heavy atom. The number of hydrogen-bond acceptors (Lipinski definition) is 13. The molecule has 0 aliphatic carbocycles. The fraction of sp³-hybridized carbons (Fsp3) is 0.385. The molecule has 0 atom stereocenters. The predicted octanol–water partition coefficient (Wildman–Crippen LogP) is 4.03. The number of hydrogen-bond donors (Lipinski definition) is 1. The number of rotatable bonds is 14. The van der Waals surface area contributed by atoms with E-state index >= 15 is 0 Å². The Morgan fingerprint density at radius 3 is 1.93 bits per heavy atom. The smallest absolute Gasteiger partial charge is 0.462 e. The highest BCUT2D eigenvalue weighted by Gasteiger charge is 2.31. The van der Waals surface area contributed by atoms with Crippen molar-refractivity contribution in [2.75, 3.05) is 26.4 Å². The lowest BCUT2D eigenvalue weighted by Crippen LogP contribution is -2.27. The van der Waals surface area contributed by atoms with Gasteiger partial charge in [-0.25, -0.2) is 9.59 Å². The number of thioether (sulfide) groups is 2. The van der Waals surface area contributed by atoms with Gasteiger partial charge in [-0.1, -0.05) is 44.0 Å². The molecule has 1 heterocycles. The fourth-order valence-electron chi connectivity index (χ4n) is 2.77. The Balaban J connectivity index is 1.93. The highest BCUT2D eigenvalue weighted by Crippen LogP contribution is 2.58. The molecule has 0 radical (unpaired) electrons. The molecule has 0 aromatic heterocycles. The van der Waals surface area contributed by atoms with Gasteiger partial charge < -0.3 is 29.0 Å². The van der Waals surface area contributed by atoms with E-state index in [0.29, 0.717) is 20.4 Å². The summed E-state index contributed by atoms with van der Waals surface area (Å²) in [5.74, 6) is -1.71. The fourth-order valence-corrected chi connectivity index (χ4v) is 5.35. The van der Waals surface area contributed by atoms with Crippen LogP contribution < -0.4 is 14.8 Å². The van der Waals surface area contributed by atoms with Gasteiger partial charge in [-0.3, -0.25) is 14.4 Å². The Bertz CT molecular complexity index is 1170. The summed E-state index contributed by atoms with van der Waals surface area (Å²) in [4.78, 5) is 59.9. The van der Waals surface area contributed by atoms with Gasteiger partial charge in [0.05, 0.1) is 33.8 Å². The molecular weight excluding hydrogens is 564 g/mol. The van der Waals surface area contributed by atoms with Crippen molar-refractivity contribution in [3.8, 4) is 17.6 Å². The Morgan fingerprint density at radius 1 is 0.900 bits per heavy atom. The van der Waals surface area contributed by atoms with E-state index in [4.69, 9.17) is 23.7 Å². The molecule has 1 aliphatic rings. The molecular formula is C26H28N2O10S2. The molecule has 1 aliphatic heterocycles. The van der Waals surface area contributed by atoms with E-state index in [1.807, 2.05) is 6.07 Å². The molecule has 0 bridgehead atoms. The first kappa shape index (κ1) is 32.3. The largest absolute Gasteiger partial charge is 0.508 e. The molecule has 40 heavy (non-hydrogen) atoms. The van der Waals surface area contributed by atoms with E-state index in [1.165, 1.54) is 12.1 Å². The van der Waals surface area contributed by atoms with Crippen molar-refractivity contribution < 1.29 is 47.7 Å². The van der Waals surface area contributed by atoms with Crippen LogP contribution in [0.2, 0.25) is 0 Å². The standard InChI is InChI=1S/C26H28N2O10S2/c1-4-19(29)34-13-8-14-36-26(33)35-12-7-11-28-24(32)16(15-27)25-39-22-17(37-20(30)5-2)9-10-18(23(22)40-25)38-21(31)6-3/h4,9-10H,1,5-8,11-14H2,2-3H3,(H,28,32). The highest BCUT2D eigenvalue weighted by molar-refractivity contribution is 8.24. The molecule has 0 saturated carbocycles. The van der Waals surface area contributed by atoms with Crippen molar-refractivity contribution in [3.05, 3.63) is 34.6 Å². The maximum atomic E-state index is 12.7. The number of fused-ring (bicyclic) bond motifs is 1. The lowest BCUT2D eigenvalue weighted by Gasteiger charge is -2.11. The van der Waals surface area contributed by atoms with Gasteiger partial charge in [-0.2, -0.15) is 5.26 Å². The van der Waals surface area contributed by atoms with Gasteiger partial charge in [0.1, 0.15) is 23.1 Å². The summed E-state index contributed by atoms with van der Waals surface area (Å²) in [6.45, 7) is 6.67. The minimum atomic E-state index is -0.906. The maximum absolute atomic E-state index is 12.7. The van der Waals surface area contributed by atoms with E-state index in [9.17, 15) is 29.2 Å². The average Bonchev–Trinajstić information content (AvgIpc) is 3.39. The normalized spacial score (nSPS) is 11.4. The summed E-state index contributed by atoms with van der Waals surface area (Å²) in [6, 6.07) is 4.88. The first-order valence-corrected chi connectivity index (χ1v) is 13.8. The average molecular weight is 593 g/mol. The monoisotopic (exact) mass is 592 g/mol. The lowest BCUT2D eigenvalue weighted by molar-refractivity contribution is -0.138. The molecule has 2 rings (SSSR count). The van der Waals surface area contributed by atoms with Crippen molar-refractivity contribution in [1.29, 1.82) is 5.26 Å². The second kappa shape index (κ2) is 16.9. The van der Waals surface area contributed by atoms with Crippen molar-refractivity contribution in [3.63, 3.8) is 0 Å². The quantitative estimate of drug-likeness (QED) is 0.108. The van der Waals surface area contributed by atoms with Crippen molar-refractivity contribution >= 4 is 53.5 Å². The van der Waals surface area contributed by atoms with E-state index in [2.05, 4.69) is 11.9 Å². The maximum Gasteiger partial charge on any atom is 0.508 e. The summed E-state index contributed by atoms with van der Waals surface area (Å²) < 4.78 is 25.6. The first-order valence-electron chi connectivity index (χ1n) is 12.2. The predicted molar refractivity (Wildman–Crippen MR) is 143 cm³/mol. The number of carbonyl (C=O) groups excluding carboxylic acids is 5. The first-order chi connectivity index (χ1) is 19.2. The zero-order valence-electron chi connectivity index (χ0n) is 21.9. The second-order valence-corrected chi connectivity index (χ2v) is 9.93. The molecule has 12 nitrogen and oxygen atoms in total. The molecule has 14 heteroatoms. The summed E-state index contributed by atoms with van der Waals surface area (Å²) in [5, 5.41) is 12.3. The van der Waals surface area contributed by atoms with E-state index in [0.717, 1.165) is 29.6 Å². The van der Waals surface area contributed by atoms with Crippen LogP contribution in [-0.2, 0) is 33.4 Å². The zero-order chi connectivity index (χ0) is 29.5. The Kier molecular flexibility index (Phi) is 13.6. The van der Waals surface area contributed by atoms with Gasteiger partial charge in [-0.15, -0.1) is 0 Å². The summed E-state index contributed by atoms with van der Waals surface area (Å²) in [5.41, 5.74) is -0.177. The lowest BCUT2D eigenvalue weighted by atomic mass is 10.3. The summed E-state index contributed by atoms with van der Waals surface area (Å²) in [6.07, 6.45) is 0.948. The number of esters is 3. The van der Waals surface area contributed by atoms with E-state index in [1.54, 1.807) is 13.8 Å². The number of nitriles is 1. The minimum absolute atomic E-state index is 0.00443. The Hall–Kier alpha value is -3.96. The number of nitrogens with one attached hydrogen (secondary N) is 1. The van der Waals surface area contributed by atoms with Crippen LogP contribution in [0.4, 0.5) is 4.79 Å². The molecule has 1 aromatic rings. The van der Waals surface area contributed by atoms with Crippen LogP contribution in [0.5, 0.6) is 11.5 Å². The van der Waals surface area contributed by atoms with Crippen LogP contribution in [0.3, 0.4) is 0 Å². The molecule has 214 valence electrons. The molecule has 0 unspecified atom stereocenters. The van der Waals surface area contributed by atoms with Gasteiger partial charge in [0.15, 0.2) is 0 Å². The van der Waals surface area contributed by atoms with Gasteiger partial charge in [0.2, 0.25) is 0 Å². The highest BCUT2D eigenvalue weighted by atomic mass is 32.2. The van der Waals surface area contributed by atoms with Crippen LogP contribution in [0, 0.1) is 11.3 Å². The third kappa shape index (κ3) is 9.97. The SMILES string of the molecule is C=CC(=O)OCCCOC(=O)OCCCNC(=O)C(C#N)=C1Sc2c(OC(=O)CC)ccc(OC(=O)CC)c2S1. The number of ether oxygens (including phenoxy) is 5. The second-order valence-electron chi connectivity index (χ2n) is 7.64. The number of amides is 1. The molecule has 0 fully saturated rings. The van der Waals surface area contributed by atoms with Crippen molar-refractivity contribution in [2.45, 2.75) is 49.3 Å². The molecule has 0 spiro atoms. The van der Waals surface area contributed by atoms with Gasteiger partial charge in [-0.05, 0) is 18.6 Å². The van der Waals surface area contributed by atoms with Gasteiger partial charge in [0.25, 0.3) is 5.91 Å². The van der Waals surface area contributed by atoms with Crippen molar-refractivity contribution in [1.82, 2.24) is 5.32 Å². The number of carbonyl (C=O) groups is 5. The van der Waals surface area contributed by atoms with E-state index < -0.39 is 30.0 Å². The molecule has 1 aromatic carbocycles.